The number of hydrogen-bond donors (Lipinski definition) is 2. The Morgan fingerprint density at radius 2 is 2.00 bits per heavy atom. The second-order valence-corrected chi connectivity index (χ2v) is 6.28. The van der Waals surface area contributed by atoms with E-state index in [0.717, 1.165) is 16.5 Å². The van der Waals surface area contributed by atoms with Gasteiger partial charge in [-0.15, -0.1) is 0 Å². The lowest BCUT2D eigenvalue weighted by Crippen LogP contribution is -2.28. The predicted octanol–water partition coefficient (Wildman–Crippen LogP) is 3.60. The number of benzene rings is 2. The largest absolute Gasteiger partial charge is 0.497 e. The summed E-state index contributed by atoms with van der Waals surface area (Å²) in [4.78, 5) is 15.6. The maximum absolute atomic E-state index is 14.5. The van der Waals surface area contributed by atoms with E-state index in [-0.39, 0.29) is 18.1 Å². The average Bonchev–Trinajstić information content (AvgIpc) is 3.10. The van der Waals surface area contributed by atoms with Gasteiger partial charge in [0.1, 0.15) is 11.6 Å². The normalized spacial score (nSPS) is 12.1. The van der Waals surface area contributed by atoms with Gasteiger partial charge >= 0.3 is 0 Å². The number of carbonyl (C=O) groups is 1. The van der Waals surface area contributed by atoms with Gasteiger partial charge in [0.15, 0.2) is 0 Å². The molecule has 27 heavy (non-hydrogen) atoms. The highest BCUT2D eigenvalue weighted by Gasteiger charge is 2.24. The van der Waals surface area contributed by atoms with Crippen molar-refractivity contribution >= 4 is 16.8 Å². The predicted molar refractivity (Wildman–Crippen MR) is 103 cm³/mol. The van der Waals surface area contributed by atoms with Crippen molar-refractivity contribution in [3.05, 3.63) is 65.6 Å². The summed E-state index contributed by atoms with van der Waals surface area (Å²) < 4.78 is 24.8. The molecule has 0 aliphatic heterocycles. The molecular formula is C21H23FN2O3. The van der Waals surface area contributed by atoms with E-state index in [1.807, 2.05) is 24.4 Å². The van der Waals surface area contributed by atoms with Crippen LogP contribution in [0.1, 0.15) is 23.5 Å². The minimum atomic E-state index is -0.422. The van der Waals surface area contributed by atoms with Crippen molar-refractivity contribution in [3.63, 3.8) is 0 Å². The summed E-state index contributed by atoms with van der Waals surface area (Å²) in [6.07, 6.45) is 1.97. The van der Waals surface area contributed by atoms with Crippen LogP contribution in [0.3, 0.4) is 0 Å². The summed E-state index contributed by atoms with van der Waals surface area (Å²) in [7, 11) is 3.18. The third kappa shape index (κ3) is 4.28. The zero-order valence-electron chi connectivity index (χ0n) is 15.4. The van der Waals surface area contributed by atoms with E-state index in [2.05, 4.69) is 10.3 Å². The van der Waals surface area contributed by atoms with E-state index < -0.39 is 5.92 Å². The molecule has 3 aromatic rings. The standard InChI is InChI=1S/C21H23FN2O3/c1-26-10-9-23-21(25)12-16(15-5-3-4-6-19(15)22)18-13-24-20-8-7-14(27-2)11-17(18)20/h3-8,11,13,16,24H,9-10,12H2,1-2H3,(H,23,25)/t16-/m1/s1. The van der Waals surface area contributed by atoms with Crippen LogP contribution in [0, 0.1) is 5.82 Å². The van der Waals surface area contributed by atoms with Gasteiger partial charge in [0.2, 0.25) is 5.91 Å². The lowest BCUT2D eigenvalue weighted by atomic mass is 9.87. The van der Waals surface area contributed by atoms with Crippen LogP contribution in [0.4, 0.5) is 4.39 Å². The smallest absolute Gasteiger partial charge is 0.221 e. The number of hydrogen-bond acceptors (Lipinski definition) is 3. The molecule has 2 aromatic carbocycles. The van der Waals surface area contributed by atoms with Gasteiger partial charge in [-0.05, 0) is 35.4 Å². The molecule has 0 spiro atoms. The van der Waals surface area contributed by atoms with Crippen molar-refractivity contribution in [1.82, 2.24) is 10.3 Å². The first-order valence-corrected chi connectivity index (χ1v) is 8.79. The van der Waals surface area contributed by atoms with Crippen molar-refractivity contribution in [1.29, 1.82) is 0 Å². The molecule has 0 saturated heterocycles. The zero-order valence-corrected chi connectivity index (χ0v) is 15.4. The number of fused-ring (bicyclic) bond motifs is 1. The number of amides is 1. The van der Waals surface area contributed by atoms with E-state index in [1.165, 1.54) is 6.07 Å². The molecule has 1 aromatic heterocycles. The molecule has 0 radical (unpaired) electrons. The van der Waals surface area contributed by atoms with E-state index in [0.29, 0.717) is 24.5 Å². The van der Waals surface area contributed by atoms with Crippen LogP contribution in [0.15, 0.2) is 48.7 Å². The van der Waals surface area contributed by atoms with E-state index >= 15 is 0 Å². The van der Waals surface area contributed by atoms with Gasteiger partial charge in [0, 0.05) is 43.1 Å². The summed E-state index contributed by atoms with van der Waals surface area (Å²) in [5.41, 5.74) is 2.26. The van der Waals surface area contributed by atoms with Crippen molar-refractivity contribution < 1.29 is 18.7 Å². The molecule has 0 aliphatic carbocycles. The highest BCUT2D eigenvalue weighted by Crippen LogP contribution is 2.35. The highest BCUT2D eigenvalue weighted by molar-refractivity contribution is 5.87. The van der Waals surface area contributed by atoms with Crippen molar-refractivity contribution in [2.24, 2.45) is 0 Å². The summed E-state index contributed by atoms with van der Waals surface area (Å²) in [5.74, 6) is -0.197. The first-order valence-electron chi connectivity index (χ1n) is 8.79. The Morgan fingerprint density at radius 1 is 1.19 bits per heavy atom. The Hall–Kier alpha value is -2.86. The number of methoxy groups -OCH3 is 2. The van der Waals surface area contributed by atoms with Gasteiger partial charge in [0.25, 0.3) is 0 Å². The minimum Gasteiger partial charge on any atom is -0.497 e. The van der Waals surface area contributed by atoms with Crippen LogP contribution < -0.4 is 10.1 Å². The summed E-state index contributed by atoms with van der Waals surface area (Å²) in [6.45, 7) is 0.849. The Bertz CT molecular complexity index is 923. The van der Waals surface area contributed by atoms with E-state index in [4.69, 9.17) is 9.47 Å². The lowest BCUT2D eigenvalue weighted by Gasteiger charge is -2.18. The first-order chi connectivity index (χ1) is 13.1. The Morgan fingerprint density at radius 3 is 2.74 bits per heavy atom. The maximum atomic E-state index is 14.5. The van der Waals surface area contributed by atoms with Crippen LogP contribution >= 0.6 is 0 Å². The lowest BCUT2D eigenvalue weighted by molar-refractivity contribution is -0.121. The SMILES string of the molecule is COCCNC(=O)C[C@H](c1ccccc1F)c1c[nH]c2ccc(OC)cc12. The molecule has 0 unspecified atom stereocenters. The number of ether oxygens (including phenoxy) is 2. The van der Waals surface area contributed by atoms with Gasteiger partial charge in [-0.25, -0.2) is 4.39 Å². The average molecular weight is 370 g/mol. The number of carbonyl (C=O) groups excluding carboxylic acids is 1. The minimum absolute atomic E-state index is 0.134. The molecule has 142 valence electrons. The Kier molecular flexibility index (Phi) is 6.08. The van der Waals surface area contributed by atoms with Crippen LogP contribution in [0.2, 0.25) is 0 Å². The Labute approximate surface area is 157 Å². The van der Waals surface area contributed by atoms with Crippen LogP contribution in [-0.4, -0.2) is 38.3 Å². The number of aromatic amines is 1. The highest BCUT2D eigenvalue weighted by atomic mass is 19.1. The van der Waals surface area contributed by atoms with Gasteiger partial charge in [-0.1, -0.05) is 18.2 Å². The zero-order chi connectivity index (χ0) is 19.2. The number of aromatic nitrogens is 1. The van der Waals surface area contributed by atoms with Crippen molar-refractivity contribution in [3.8, 4) is 5.75 Å². The number of H-pyrrole nitrogens is 1. The molecule has 0 saturated carbocycles. The third-order valence-electron chi connectivity index (χ3n) is 4.59. The molecule has 0 bridgehead atoms. The number of rotatable bonds is 8. The third-order valence-corrected chi connectivity index (χ3v) is 4.59. The number of halogens is 1. The molecular weight excluding hydrogens is 347 g/mol. The fourth-order valence-corrected chi connectivity index (χ4v) is 3.23. The van der Waals surface area contributed by atoms with Gasteiger partial charge < -0.3 is 19.8 Å². The molecule has 1 heterocycles. The first kappa shape index (κ1) is 18.9. The van der Waals surface area contributed by atoms with Gasteiger partial charge in [0.05, 0.1) is 13.7 Å². The van der Waals surface area contributed by atoms with Crippen LogP contribution in [-0.2, 0) is 9.53 Å². The Balaban J connectivity index is 2.00. The second-order valence-electron chi connectivity index (χ2n) is 6.28. The maximum Gasteiger partial charge on any atom is 0.221 e. The molecule has 0 aliphatic rings. The fraction of sp³-hybridized carbons (Fsp3) is 0.286. The van der Waals surface area contributed by atoms with Crippen molar-refractivity contribution in [2.45, 2.75) is 12.3 Å². The van der Waals surface area contributed by atoms with Crippen LogP contribution in [0.5, 0.6) is 5.75 Å². The van der Waals surface area contributed by atoms with Gasteiger partial charge in [-0.2, -0.15) is 0 Å². The molecule has 0 fully saturated rings. The summed E-state index contributed by atoms with van der Waals surface area (Å²) in [6, 6.07) is 12.2. The topological polar surface area (TPSA) is 63.3 Å². The molecule has 1 atom stereocenters. The summed E-state index contributed by atoms with van der Waals surface area (Å²) >= 11 is 0. The monoisotopic (exact) mass is 370 g/mol. The van der Waals surface area contributed by atoms with Crippen molar-refractivity contribution in [2.75, 3.05) is 27.4 Å². The molecule has 5 nitrogen and oxygen atoms in total. The van der Waals surface area contributed by atoms with Gasteiger partial charge in [-0.3, -0.25) is 4.79 Å². The summed E-state index contributed by atoms with van der Waals surface area (Å²) in [5, 5.41) is 3.72. The number of nitrogens with one attached hydrogen (secondary N) is 2. The second kappa shape index (κ2) is 8.68. The van der Waals surface area contributed by atoms with E-state index in [1.54, 1.807) is 32.4 Å². The molecule has 6 heteroatoms. The van der Waals surface area contributed by atoms with E-state index in [9.17, 15) is 9.18 Å². The molecule has 2 N–H and O–H groups in total. The molecule has 3 rings (SSSR count). The van der Waals surface area contributed by atoms with Crippen LogP contribution in [0.25, 0.3) is 10.9 Å². The molecule has 1 amide bonds. The fourth-order valence-electron chi connectivity index (χ4n) is 3.23. The quantitative estimate of drug-likeness (QED) is 0.596.